The average Bonchev–Trinajstić information content (AvgIpc) is 3.52. The maximum absolute atomic E-state index is 12.9. The number of para-hydroxylation sites is 1. The number of nitrogens with one attached hydrogen (secondary N) is 1. The molecule has 0 spiro atoms. The largest absolute Gasteiger partial charge is 0.467 e. The molecule has 4 aromatic heterocycles. The summed E-state index contributed by atoms with van der Waals surface area (Å²) in [6.45, 7) is 0.109. The molecule has 5 rings (SSSR count). The number of hydrogen-bond donors (Lipinski definition) is 1. The molecule has 0 bridgehead atoms. The molecule has 0 aliphatic heterocycles. The van der Waals surface area contributed by atoms with Crippen molar-refractivity contribution < 1.29 is 13.7 Å². The summed E-state index contributed by atoms with van der Waals surface area (Å²) in [5, 5.41) is 7.45. The fourth-order valence-corrected chi connectivity index (χ4v) is 3.40. The van der Waals surface area contributed by atoms with Gasteiger partial charge in [-0.2, -0.15) is 4.98 Å². The highest BCUT2D eigenvalue weighted by atomic mass is 16.5. The van der Waals surface area contributed by atoms with Crippen molar-refractivity contribution in [2.24, 2.45) is 0 Å². The predicted octanol–water partition coefficient (Wildman–Crippen LogP) is 3.02. The minimum atomic E-state index is -0.357. The highest BCUT2D eigenvalue weighted by molar-refractivity contribution is 5.93. The Bertz CT molecular complexity index is 1440. The van der Waals surface area contributed by atoms with E-state index < -0.39 is 0 Å². The van der Waals surface area contributed by atoms with Crippen LogP contribution in [0.25, 0.3) is 33.9 Å². The molecule has 5 aromatic rings. The van der Waals surface area contributed by atoms with Crippen molar-refractivity contribution in [1.29, 1.82) is 0 Å². The molecule has 9 nitrogen and oxygen atoms in total. The molecule has 0 saturated carbocycles. The van der Waals surface area contributed by atoms with Gasteiger partial charge in [0.1, 0.15) is 18.0 Å². The summed E-state index contributed by atoms with van der Waals surface area (Å²) in [6.07, 6.45) is 3.17. The van der Waals surface area contributed by atoms with Crippen LogP contribution in [0.5, 0.6) is 0 Å². The van der Waals surface area contributed by atoms with Crippen LogP contribution in [0, 0.1) is 0 Å². The number of carbonyl (C=O) groups is 1. The molecule has 9 heteroatoms. The Hall–Kier alpha value is -4.53. The second-order valence-electron chi connectivity index (χ2n) is 6.99. The van der Waals surface area contributed by atoms with Gasteiger partial charge in [0.15, 0.2) is 0 Å². The first-order valence-electron chi connectivity index (χ1n) is 9.86. The standard InChI is InChI=1S/C23H17N5O4/c29-20(25-13-15-6-5-11-31-15)14-28-19-9-2-1-7-16(19)17(12-21(28)30)23-26-22(27-32-23)18-8-3-4-10-24-18/h1-12H,13-14H2,(H,25,29). The van der Waals surface area contributed by atoms with E-state index >= 15 is 0 Å². The number of pyridine rings is 2. The monoisotopic (exact) mass is 427 g/mol. The lowest BCUT2D eigenvalue weighted by molar-refractivity contribution is -0.121. The van der Waals surface area contributed by atoms with Gasteiger partial charge in [-0.1, -0.05) is 29.4 Å². The predicted molar refractivity (Wildman–Crippen MR) is 115 cm³/mol. The highest BCUT2D eigenvalue weighted by Crippen LogP contribution is 2.27. The van der Waals surface area contributed by atoms with Crippen LogP contribution in [0.4, 0.5) is 0 Å². The molecule has 158 valence electrons. The number of hydrogen-bond acceptors (Lipinski definition) is 7. The van der Waals surface area contributed by atoms with Gasteiger partial charge in [-0.3, -0.25) is 19.1 Å². The Kier molecular flexibility index (Phi) is 5.04. The molecule has 1 amide bonds. The lowest BCUT2D eigenvalue weighted by Gasteiger charge is -2.12. The van der Waals surface area contributed by atoms with Gasteiger partial charge in [-0.15, -0.1) is 0 Å². The fraction of sp³-hybridized carbons (Fsp3) is 0.0870. The number of furan rings is 1. The van der Waals surface area contributed by atoms with Gasteiger partial charge in [0.05, 0.1) is 23.9 Å². The number of rotatable bonds is 6. The Labute approximate surface area is 181 Å². The number of nitrogens with zero attached hydrogens (tertiary/aromatic N) is 4. The molecule has 32 heavy (non-hydrogen) atoms. The summed E-state index contributed by atoms with van der Waals surface area (Å²) in [4.78, 5) is 34.0. The van der Waals surface area contributed by atoms with Gasteiger partial charge in [-0.05, 0) is 30.3 Å². The maximum Gasteiger partial charge on any atom is 0.259 e. The van der Waals surface area contributed by atoms with E-state index in [0.717, 1.165) is 0 Å². The molecular formula is C23H17N5O4. The first-order valence-corrected chi connectivity index (χ1v) is 9.86. The van der Waals surface area contributed by atoms with E-state index in [-0.39, 0.29) is 30.4 Å². The zero-order valence-electron chi connectivity index (χ0n) is 16.8. The van der Waals surface area contributed by atoms with E-state index in [4.69, 9.17) is 8.94 Å². The Balaban J connectivity index is 1.48. The van der Waals surface area contributed by atoms with Crippen molar-refractivity contribution in [3.63, 3.8) is 0 Å². The van der Waals surface area contributed by atoms with Crippen molar-refractivity contribution in [3.8, 4) is 23.0 Å². The third kappa shape index (κ3) is 3.79. The third-order valence-electron chi connectivity index (χ3n) is 4.91. The molecule has 0 atom stereocenters. The van der Waals surface area contributed by atoms with Gasteiger partial charge in [-0.25, -0.2) is 0 Å². The van der Waals surface area contributed by atoms with Crippen molar-refractivity contribution in [1.82, 2.24) is 25.0 Å². The zero-order valence-corrected chi connectivity index (χ0v) is 16.8. The van der Waals surface area contributed by atoms with Gasteiger partial charge in [0, 0.05) is 17.6 Å². The average molecular weight is 427 g/mol. The molecule has 0 aliphatic carbocycles. The number of fused-ring (bicyclic) bond motifs is 1. The Morgan fingerprint density at radius 2 is 1.94 bits per heavy atom. The number of amides is 1. The summed E-state index contributed by atoms with van der Waals surface area (Å²) in [5.74, 6) is 0.849. The lowest BCUT2D eigenvalue weighted by Crippen LogP contribution is -2.32. The first kappa shape index (κ1) is 19.4. The molecular weight excluding hydrogens is 410 g/mol. The van der Waals surface area contributed by atoms with Crippen LogP contribution in [0.2, 0.25) is 0 Å². The minimum absolute atomic E-state index is 0.136. The van der Waals surface area contributed by atoms with Crippen molar-refractivity contribution in [3.05, 3.63) is 89.2 Å². The fourth-order valence-electron chi connectivity index (χ4n) is 3.40. The van der Waals surface area contributed by atoms with Gasteiger partial charge >= 0.3 is 0 Å². The quantitative estimate of drug-likeness (QED) is 0.443. The second-order valence-corrected chi connectivity index (χ2v) is 6.99. The molecule has 1 aromatic carbocycles. The number of benzene rings is 1. The maximum atomic E-state index is 12.9. The number of aromatic nitrogens is 4. The second kappa shape index (κ2) is 8.31. The van der Waals surface area contributed by atoms with Crippen LogP contribution in [0.1, 0.15) is 5.76 Å². The molecule has 4 heterocycles. The van der Waals surface area contributed by atoms with Crippen LogP contribution < -0.4 is 10.9 Å². The molecule has 0 saturated heterocycles. The van der Waals surface area contributed by atoms with E-state index in [2.05, 4.69) is 20.4 Å². The molecule has 0 fully saturated rings. The van der Waals surface area contributed by atoms with Crippen LogP contribution >= 0.6 is 0 Å². The number of carbonyl (C=O) groups excluding carboxylic acids is 1. The van der Waals surface area contributed by atoms with E-state index in [1.165, 1.54) is 16.9 Å². The van der Waals surface area contributed by atoms with Crippen LogP contribution in [-0.2, 0) is 17.9 Å². The van der Waals surface area contributed by atoms with Crippen LogP contribution in [0.15, 0.2) is 86.9 Å². The van der Waals surface area contributed by atoms with E-state index in [1.54, 1.807) is 42.6 Å². The van der Waals surface area contributed by atoms with E-state index in [0.29, 0.717) is 33.7 Å². The van der Waals surface area contributed by atoms with Gasteiger partial charge < -0.3 is 14.3 Å². The van der Waals surface area contributed by atoms with Crippen molar-refractivity contribution >= 4 is 16.8 Å². The van der Waals surface area contributed by atoms with Gasteiger partial charge in [0.25, 0.3) is 11.4 Å². The first-order chi connectivity index (χ1) is 15.7. The van der Waals surface area contributed by atoms with E-state index in [1.807, 2.05) is 18.2 Å². The Morgan fingerprint density at radius 3 is 2.75 bits per heavy atom. The minimum Gasteiger partial charge on any atom is -0.467 e. The molecule has 1 N–H and O–H groups in total. The van der Waals surface area contributed by atoms with Crippen molar-refractivity contribution in [2.75, 3.05) is 0 Å². The summed E-state index contributed by atoms with van der Waals surface area (Å²) < 4.78 is 12.1. The SMILES string of the molecule is O=C(Cn1c(=O)cc(-c2nc(-c3ccccn3)no2)c2ccccc21)NCc1ccco1. The topological polar surface area (TPSA) is 116 Å². The van der Waals surface area contributed by atoms with Crippen molar-refractivity contribution in [2.45, 2.75) is 13.1 Å². The lowest BCUT2D eigenvalue weighted by atomic mass is 10.1. The summed E-state index contributed by atoms with van der Waals surface area (Å²) in [5.41, 5.74) is 1.28. The summed E-state index contributed by atoms with van der Waals surface area (Å²) in [6, 6.07) is 17.6. The smallest absolute Gasteiger partial charge is 0.259 e. The Morgan fingerprint density at radius 1 is 1.06 bits per heavy atom. The summed E-state index contributed by atoms with van der Waals surface area (Å²) in [7, 11) is 0. The van der Waals surface area contributed by atoms with Crippen LogP contribution in [0.3, 0.4) is 0 Å². The molecule has 0 radical (unpaired) electrons. The third-order valence-corrected chi connectivity index (χ3v) is 4.91. The van der Waals surface area contributed by atoms with E-state index in [9.17, 15) is 9.59 Å². The normalized spacial score (nSPS) is 11.0. The summed E-state index contributed by atoms with van der Waals surface area (Å²) >= 11 is 0. The van der Waals surface area contributed by atoms with Crippen LogP contribution in [-0.4, -0.2) is 25.6 Å². The molecule has 0 aliphatic rings. The zero-order chi connectivity index (χ0) is 21.9. The van der Waals surface area contributed by atoms with Gasteiger partial charge in [0.2, 0.25) is 11.7 Å². The highest BCUT2D eigenvalue weighted by Gasteiger charge is 2.18. The molecule has 0 unspecified atom stereocenters.